The van der Waals surface area contributed by atoms with Crippen molar-refractivity contribution in [1.29, 1.82) is 5.26 Å². The van der Waals surface area contributed by atoms with Crippen LogP contribution in [0.1, 0.15) is 27.0 Å². The summed E-state index contributed by atoms with van der Waals surface area (Å²) in [6.45, 7) is 2.97. The van der Waals surface area contributed by atoms with E-state index in [1.54, 1.807) is 29.2 Å². The molecule has 1 aliphatic heterocycles. The van der Waals surface area contributed by atoms with Crippen LogP contribution >= 0.6 is 0 Å². The summed E-state index contributed by atoms with van der Waals surface area (Å²) >= 11 is 0. The molecule has 0 aliphatic carbocycles. The summed E-state index contributed by atoms with van der Waals surface area (Å²) in [5, 5.41) is 8.81. The molecular formula is C20H18F3N3O. The minimum absolute atomic E-state index is 0.0753. The number of benzene rings is 2. The summed E-state index contributed by atoms with van der Waals surface area (Å²) in [5.41, 5.74) is 1.22. The number of halogens is 3. The van der Waals surface area contributed by atoms with Crippen molar-refractivity contribution < 1.29 is 18.0 Å². The van der Waals surface area contributed by atoms with Crippen LogP contribution in [0.15, 0.2) is 48.5 Å². The molecule has 3 rings (SSSR count). The van der Waals surface area contributed by atoms with E-state index in [1.165, 1.54) is 12.1 Å². The number of nitriles is 1. The molecule has 1 saturated heterocycles. The molecule has 2 aromatic carbocycles. The van der Waals surface area contributed by atoms with Gasteiger partial charge in [0, 0.05) is 38.3 Å². The van der Waals surface area contributed by atoms with Gasteiger partial charge in [-0.3, -0.25) is 9.69 Å². The molecule has 0 atom stereocenters. The summed E-state index contributed by atoms with van der Waals surface area (Å²) in [7, 11) is 0. The normalized spacial score (nSPS) is 15.4. The van der Waals surface area contributed by atoms with Crippen LogP contribution in [-0.4, -0.2) is 41.9 Å². The standard InChI is InChI=1S/C20H18F3N3O/c21-20(22,23)18-7-3-16(4-8-18)14-25-9-11-26(12-10-25)19(27)17-5-1-15(13-24)2-6-17/h1-8H,9-12,14H2. The number of amides is 1. The SMILES string of the molecule is N#Cc1ccc(C(=O)N2CCN(Cc3ccc(C(F)(F)F)cc3)CC2)cc1. The first-order chi connectivity index (χ1) is 12.9. The average Bonchev–Trinajstić information content (AvgIpc) is 2.68. The van der Waals surface area contributed by atoms with E-state index in [0.717, 1.165) is 17.7 Å². The lowest BCUT2D eigenvalue weighted by Gasteiger charge is -2.34. The molecule has 0 aromatic heterocycles. The first-order valence-electron chi connectivity index (χ1n) is 8.55. The lowest BCUT2D eigenvalue weighted by atomic mass is 10.1. The van der Waals surface area contributed by atoms with E-state index >= 15 is 0 Å². The summed E-state index contributed by atoms with van der Waals surface area (Å²) in [6.07, 6.45) is -4.32. The highest BCUT2D eigenvalue weighted by Crippen LogP contribution is 2.29. The molecule has 140 valence electrons. The highest BCUT2D eigenvalue weighted by Gasteiger charge is 2.30. The van der Waals surface area contributed by atoms with Gasteiger partial charge in [-0.2, -0.15) is 18.4 Å². The zero-order valence-electron chi connectivity index (χ0n) is 14.5. The quantitative estimate of drug-likeness (QED) is 0.827. The molecule has 0 N–H and O–H groups in total. The predicted molar refractivity (Wildman–Crippen MR) is 93.8 cm³/mol. The molecule has 0 spiro atoms. The fraction of sp³-hybridized carbons (Fsp3) is 0.300. The minimum Gasteiger partial charge on any atom is -0.336 e. The Hall–Kier alpha value is -2.85. The second-order valence-electron chi connectivity index (χ2n) is 6.45. The van der Waals surface area contributed by atoms with Crippen LogP contribution in [0.4, 0.5) is 13.2 Å². The molecule has 1 aliphatic rings. The van der Waals surface area contributed by atoms with E-state index in [4.69, 9.17) is 5.26 Å². The Bertz CT molecular complexity index is 831. The van der Waals surface area contributed by atoms with Crippen molar-refractivity contribution in [3.8, 4) is 6.07 Å². The third-order valence-electron chi connectivity index (χ3n) is 4.61. The van der Waals surface area contributed by atoms with E-state index in [-0.39, 0.29) is 5.91 Å². The Balaban J connectivity index is 1.54. The monoisotopic (exact) mass is 373 g/mol. The number of alkyl halides is 3. The fourth-order valence-corrected chi connectivity index (χ4v) is 3.04. The van der Waals surface area contributed by atoms with E-state index < -0.39 is 11.7 Å². The van der Waals surface area contributed by atoms with Crippen LogP contribution in [-0.2, 0) is 12.7 Å². The van der Waals surface area contributed by atoms with Gasteiger partial charge < -0.3 is 4.90 Å². The fourth-order valence-electron chi connectivity index (χ4n) is 3.04. The van der Waals surface area contributed by atoms with E-state index in [9.17, 15) is 18.0 Å². The van der Waals surface area contributed by atoms with Gasteiger partial charge in [0.25, 0.3) is 5.91 Å². The molecule has 0 bridgehead atoms. The van der Waals surface area contributed by atoms with Crippen LogP contribution in [0, 0.1) is 11.3 Å². The lowest BCUT2D eigenvalue weighted by molar-refractivity contribution is -0.137. The van der Waals surface area contributed by atoms with Gasteiger partial charge in [-0.25, -0.2) is 0 Å². The largest absolute Gasteiger partial charge is 0.416 e. The van der Waals surface area contributed by atoms with Gasteiger partial charge in [0.15, 0.2) is 0 Å². The highest BCUT2D eigenvalue weighted by atomic mass is 19.4. The Morgan fingerprint density at radius 1 is 0.963 bits per heavy atom. The van der Waals surface area contributed by atoms with Gasteiger partial charge >= 0.3 is 6.18 Å². The van der Waals surface area contributed by atoms with Crippen molar-refractivity contribution in [2.24, 2.45) is 0 Å². The summed E-state index contributed by atoms with van der Waals surface area (Å²) in [4.78, 5) is 16.4. The van der Waals surface area contributed by atoms with E-state index in [1.807, 2.05) is 6.07 Å². The zero-order chi connectivity index (χ0) is 19.4. The summed E-state index contributed by atoms with van der Waals surface area (Å²) < 4.78 is 37.8. The third kappa shape index (κ3) is 4.66. The molecule has 1 amide bonds. The molecule has 2 aromatic rings. The van der Waals surface area contributed by atoms with Crippen molar-refractivity contribution in [2.75, 3.05) is 26.2 Å². The van der Waals surface area contributed by atoms with Gasteiger partial charge in [0.05, 0.1) is 17.2 Å². The maximum atomic E-state index is 12.6. The van der Waals surface area contributed by atoms with Gasteiger partial charge in [-0.05, 0) is 42.0 Å². The Labute approximate surface area is 155 Å². The van der Waals surface area contributed by atoms with Crippen LogP contribution < -0.4 is 0 Å². The van der Waals surface area contributed by atoms with Crippen LogP contribution in [0.5, 0.6) is 0 Å². The lowest BCUT2D eigenvalue weighted by Crippen LogP contribution is -2.48. The maximum absolute atomic E-state index is 12.6. The topological polar surface area (TPSA) is 47.3 Å². The first-order valence-corrected chi connectivity index (χ1v) is 8.55. The molecule has 1 heterocycles. The maximum Gasteiger partial charge on any atom is 0.416 e. The van der Waals surface area contributed by atoms with Crippen LogP contribution in [0.2, 0.25) is 0 Å². The Morgan fingerprint density at radius 2 is 1.56 bits per heavy atom. The molecular weight excluding hydrogens is 355 g/mol. The molecule has 0 saturated carbocycles. The first kappa shape index (κ1) is 18.9. The molecule has 0 radical (unpaired) electrons. The molecule has 7 heteroatoms. The van der Waals surface area contributed by atoms with Crippen molar-refractivity contribution in [3.05, 3.63) is 70.8 Å². The van der Waals surface area contributed by atoms with Crippen molar-refractivity contribution in [2.45, 2.75) is 12.7 Å². The molecule has 1 fully saturated rings. The number of hydrogen-bond acceptors (Lipinski definition) is 3. The molecule has 0 unspecified atom stereocenters. The van der Waals surface area contributed by atoms with Crippen LogP contribution in [0.25, 0.3) is 0 Å². The number of carbonyl (C=O) groups is 1. The van der Waals surface area contributed by atoms with Crippen molar-refractivity contribution in [1.82, 2.24) is 9.80 Å². The number of carbonyl (C=O) groups excluding carboxylic acids is 1. The zero-order valence-corrected chi connectivity index (χ0v) is 14.5. The Morgan fingerprint density at radius 3 is 2.07 bits per heavy atom. The molecule has 27 heavy (non-hydrogen) atoms. The van der Waals surface area contributed by atoms with Gasteiger partial charge in [0.1, 0.15) is 0 Å². The number of nitrogens with zero attached hydrogens (tertiary/aromatic N) is 3. The number of rotatable bonds is 3. The van der Waals surface area contributed by atoms with Gasteiger partial charge in [-0.15, -0.1) is 0 Å². The van der Waals surface area contributed by atoms with Gasteiger partial charge in [-0.1, -0.05) is 12.1 Å². The number of hydrogen-bond donors (Lipinski definition) is 0. The predicted octanol–water partition coefficient (Wildman–Crippen LogP) is 3.54. The average molecular weight is 373 g/mol. The summed E-state index contributed by atoms with van der Waals surface area (Å²) in [6, 6.07) is 13.7. The number of piperazine rings is 1. The Kier molecular flexibility index (Phi) is 5.47. The van der Waals surface area contributed by atoms with E-state index in [2.05, 4.69) is 4.90 Å². The second kappa shape index (κ2) is 7.80. The smallest absolute Gasteiger partial charge is 0.336 e. The molecule has 4 nitrogen and oxygen atoms in total. The van der Waals surface area contributed by atoms with Crippen molar-refractivity contribution >= 4 is 5.91 Å². The van der Waals surface area contributed by atoms with Crippen LogP contribution in [0.3, 0.4) is 0 Å². The van der Waals surface area contributed by atoms with Crippen molar-refractivity contribution in [3.63, 3.8) is 0 Å². The summed E-state index contributed by atoms with van der Waals surface area (Å²) in [5.74, 6) is -0.0753. The van der Waals surface area contributed by atoms with E-state index in [0.29, 0.717) is 43.9 Å². The minimum atomic E-state index is -4.32. The highest BCUT2D eigenvalue weighted by molar-refractivity contribution is 5.94. The second-order valence-corrected chi connectivity index (χ2v) is 6.45. The third-order valence-corrected chi connectivity index (χ3v) is 4.61. The van der Waals surface area contributed by atoms with Gasteiger partial charge in [0.2, 0.25) is 0 Å².